The molecule has 0 radical (unpaired) electrons. The molecular weight excluding hydrogens is 80.0 g/mol. The zero-order chi connectivity index (χ0) is 3.70. The van der Waals surface area contributed by atoms with Gasteiger partial charge in [0, 0.05) is 6.42 Å². The van der Waals surface area contributed by atoms with E-state index in [1.165, 1.54) is 0 Å². The van der Waals surface area contributed by atoms with E-state index in [4.69, 9.17) is 0 Å². The lowest BCUT2D eigenvalue weighted by molar-refractivity contribution is 0.488. The summed E-state index contributed by atoms with van der Waals surface area (Å²) in [5, 5.41) is 0. The molecular formula is C4H8O2. The summed E-state index contributed by atoms with van der Waals surface area (Å²) in [5.74, 6) is 1.13. The molecule has 1 aliphatic rings. The van der Waals surface area contributed by atoms with Gasteiger partial charge in [0.25, 0.3) is 0 Å². The highest BCUT2D eigenvalue weighted by atomic mass is 16.5. The average molecular weight is 88.1 g/mol. The fraction of sp³-hybridized carbons (Fsp3) is 0.500. The van der Waals surface area contributed by atoms with Crippen LogP contribution in [0.1, 0.15) is 13.3 Å². The molecule has 0 saturated heterocycles. The Kier molecular flexibility index (Phi) is 1.67. The summed E-state index contributed by atoms with van der Waals surface area (Å²) in [4.78, 5) is 0. The quantitative estimate of drug-likeness (QED) is 0.458. The molecule has 1 rings (SSSR count). The first-order valence-corrected chi connectivity index (χ1v) is 1.79. The Balaban J connectivity index is 0.000000250. The minimum atomic E-state index is 0. The summed E-state index contributed by atoms with van der Waals surface area (Å²) < 4.78 is 4.65. The van der Waals surface area contributed by atoms with Crippen LogP contribution in [0.15, 0.2) is 12.0 Å². The second-order valence-corrected chi connectivity index (χ2v) is 1.06. The van der Waals surface area contributed by atoms with Gasteiger partial charge in [-0.05, 0) is 0 Å². The van der Waals surface area contributed by atoms with Gasteiger partial charge < -0.3 is 10.2 Å². The molecule has 0 spiro atoms. The minimum Gasteiger partial charge on any atom is -0.463 e. The molecule has 6 heavy (non-hydrogen) atoms. The summed E-state index contributed by atoms with van der Waals surface area (Å²) in [7, 11) is 0. The largest absolute Gasteiger partial charge is 0.463 e. The van der Waals surface area contributed by atoms with Crippen molar-refractivity contribution in [3.05, 3.63) is 12.0 Å². The Morgan fingerprint density at radius 2 is 2.33 bits per heavy atom. The van der Waals surface area contributed by atoms with Crippen molar-refractivity contribution in [2.45, 2.75) is 13.3 Å². The van der Waals surface area contributed by atoms with Gasteiger partial charge in [0.1, 0.15) is 12.0 Å². The van der Waals surface area contributed by atoms with Crippen LogP contribution in [0.4, 0.5) is 0 Å². The zero-order valence-electron chi connectivity index (χ0n) is 3.69. The van der Waals surface area contributed by atoms with Crippen LogP contribution in [0.2, 0.25) is 0 Å². The van der Waals surface area contributed by atoms with E-state index in [0.29, 0.717) is 0 Å². The van der Waals surface area contributed by atoms with Crippen LogP contribution in [0.5, 0.6) is 0 Å². The zero-order valence-corrected chi connectivity index (χ0v) is 3.69. The van der Waals surface area contributed by atoms with Gasteiger partial charge in [-0.3, -0.25) is 0 Å². The molecule has 0 aromatic heterocycles. The fourth-order valence-electron chi connectivity index (χ4n) is 0.208. The second kappa shape index (κ2) is 1.82. The molecule has 0 aromatic carbocycles. The van der Waals surface area contributed by atoms with E-state index in [1.807, 2.05) is 0 Å². The number of hydrogen-bond acceptors (Lipinski definition) is 1. The standard InChI is InChI=1S/C4H6O.H2O/c1-2-4-3-5-4;/h3H,2H2,1H3;1H2. The number of hydrogen-bond donors (Lipinski definition) is 0. The van der Waals surface area contributed by atoms with Crippen LogP contribution >= 0.6 is 0 Å². The molecule has 0 aromatic rings. The summed E-state index contributed by atoms with van der Waals surface area (Å²) >= 11 is 0. The maximum atomic E-state index is 4.65. The summed E-state index contributed by atoms with van der Waals surface area (Å²) in [5.41, 5.74) is 0. The summed E-state index contributed by atoms with van der Waals surface area (Å²) in [6, 6.07) is 0. The van der Waals surface area contributed by atoms with Crippen LogP contribution in [0.25, 0.3) is 0 Å². The van der Waals surface area contributed by atoms with Crippen molar-refractivity contribution in [3.63, 3.8) is 0 Å². The highest BCUT2D eigenvalue weighted by Crippen LogP contribution is 2.15. The van der Waals surface area contributed by atoms with Gasteiger partial charge in [0.05, 0.1) is 0 Å². The SMILES string of the molecule is CCC1=CO1.O. The smallest absolute Gasteiger partial charge is 0.138 e. The molecule has 36 valence electrons. The van der Waals surface area contributed by atoms with E-state index in [9.17, 15) is 0 Å². The third-order valence-corrected chi connectivity index (χ3v) is 0.633. The molecule has 0 bridgehead atoms. The van der Waals surface area contributed by atoms with Gasteiger partial charge in [-0.2, -0.15) is 0 Å². The van der Waals surface area contributed by atoms with Crippen molar-refractivity contribution in [1.29, 1.82) is 0 Å². The van der Waals surface area contributed by atoms with Crippen molar-refractivity contribution in [3.8, 4) is 0 Å². The Morgan fingerprint density at radius 1 is 1.83 bits per heavy atom. The molecule has 0 aliphatic carbocycles. The van der Waals surface area contributed by atoms with Crippen molar-refractivity contribution in [2.75, 3.05) is 0 Å². The highest BCUT2D eigenvalue weighted by molar-refractivity contribution is 5.00. The van der Waals surface area contributed by atoms with Crippen LogP contribution in [0.3, 0.4) is 0 Å². The van der Waals surface area contributed by atoms with E-state index in [1.54, 1.807) is 6.26 Å². The van der Waals surface area contributed by atoms with E-state index < -0.39 is 0 Å². The van der Waals surface area contributed by atoms with Crippen LogP contribution in [-0.2, 0) is 4.74 Å². The predicted octanol–water partition coefficient (Wildman–Crippen LogP) is 0.443. The van der Waals surface area contributed by atoms with Crippen molar-refractivity contribution in [1.82, 2.24) is 0 Å². The molecule has 2 heteroatoms. The maximum absolute atomic E-state index is 4.65. The summed E-state index contributed by atoms with van der Waals surface area (Å²) in [6.45, 7) is 2.07. The fourth-order valence-corrected chi connectivity index (χ4v) is 0.208. The van der Waals surface area contributed by atoms with Crippen molar-refractivity contribution < 1.29 is 10.2 Å². The molecule has 1 aliphatic heterocycles. The van der Waals surface area contributed by atoms with Gasteiger partial charge in [0.2, 0.25) is 0 Å². The average Bonchev–Trinajstić information content (AvgIpc) is 2.12. The molecule has 2 nitrogen and oxygen atoms in total. The monoisotopic (exact) mass is 88.1 g/mol. The number of ether oxygens (including phenoxy) is 1. The molecule has 0 unspecified atom stereocenters. The Bertz CT molecular complexity index is 65.9. The minimum absolute atomic E-state index is 0. The normalized spacial score (nSPS) is 13.8. The molecule has 0 amide bonds. The lowest BCUT2D eigenvalue weighted by atomic mass is 10.5. The predicted molar refractivity (Wildman–Crippen MR) is 23.1 cm³/mol. The highest BCUT2D eigenvalue weighted by Gasteiger charge is 2.02. The number of allylic oxidation sites excluding steroid dienone is 1. The van der Waals surface area contributed by atoms with E-state index in [-0.39, 0.29) is 5.48 Å². The van der Waals surface area contributed by atoms with Gasteiger partial charge >= 0.3 is 0 Å². The Labute approximate surface area is 36.7 Å². The molecule has 0 atom stereocenters. The van der Waals surface area contributed by atoms with Crippen LogP contribution in [0, 0.1) is 0 Å². The summed E-state index contributed by atoms with van der Waals surface area (Å²) in [6.07, 6.45) is 2.82. The van der Waals surface area contributed by atoms with Gasteiger partial charge in [-0.15, -0.1) is 0 Å². The third-order valence-electron chi connectivity index (χ3n) is 0.633. The first-order valence-electron chi connectivity index (χ1n) is 1.79. The topological polar surface area (TPSA) is 44.0 Å². The van der Waals surface area contributed by atoms with Crippen molar-refractivity contribution in [2.24, 2.45) is 0 Å². The molecule has 0 fully saturated rings. The first-order chi connectivity index (χ1) is 2.43. The molecule has 0 saturated carbocycles. The Hall–Kier alpha value is -0.500. The third kappa shape index (κ3) is 1.08. The first kappa shape index (κ1) is 5.50. The lowest BCUT2D eigenvalue weighted by Crippen LogP contribution is -1.50. The van der Waals surface area contributed by atoms with Gasteiger partial charge in [0.15, 0.2) is 0 Å². The lowest BCUT2D eigenvalue weighted by Gasteiger charge is -1.66. The molecule has 1 heterocycles. The maximum Gasteiger partial charge on any atom is 0.138 e. The van der Waals surface area contributed by atoms with Crippen molar-refractivity contribution >= 4 is 0 Å². The van der Waals surface area contributed by atoms with E-state index >= 15 is 0 Å². The van der Waals surface area contributed by atoms with Crippen LogP contribution in [-0.4, -0.2) is 5.48 Å². The number of rotatable bonds is 1. The second-order valence-electron chi connectivity index (χ2n) is 1.06. The Morgan fingerprint density at radius 3 is 2.33 bits per heavy atom. The molecule has 2 N–H and O–H groups in total. The van der Waals surface area contributed by atoms with Crippen LogP contribution < -0.4 is 0 Å². The van der Waals surface area contributed by atoms with E-state index in [2.05, 4.69) is 11.7 Å². The van der Waals surface area contributed by atoms with Gasteiger partial charge in [-0.25, -0.2) is 0 Å². The van der Waals surface area contributed by atoms with E-state index in [0.717, 1.165) is 12.2 Å². The van der Waals surface area contributed by atoms with Gasteiger partial charge in [-0.1, -0.05) is 6.92 Å².